The molecule has 0 amide bonds. The number of benzene rings is 2. The minimum atomic E-state index is 0.0411. The molecule has 0 radical (unpaired) electrons. The predicted molar refractivity (Wildman–Crippen MR) is 84.2 cm³/mol. The molecule has 1 aliphatic heterocycles. The van der Waals surface area contributed by atoms with Crippen molar-refractivity contribution in [2.75, 3.05) is 7.11 Å². The van der Waals surface area contributed by atoms with Crippen LogP contribution in [0, 0.1) is 3.57 Å². The van der Waals surface area contributed by atoms with Crippen molar-refractivity contribution in [1.29, 1.82) is 0 Å². The Morgan fingerprint density at radius 3 is 2.68 bits per heavy atom. The van der Waals surface area contributed by atoms with Crippen LogP contribution in [0.4, 0.5) is 0 Å². The van der Waals surface area contributed by atoms with Gasteiger partial charge in [0.25, 0.3) is 0 Å². The highest BCUT2D eigenvalue weighted by atomic mass is 127. The third kappa shape index (κ3) is 2.54. The Kier molecular flexibility index (Phi) is 3.58. The summed E-state index contributed by atoms with van der Waals surface area (Å²) >= 11 is 8.21. The van der Waals surface area contributed by atoms with Crippen molar-refractivity contribution in [1.82, 2.24) is 0 Å². The van der Waals surface area contributed by atoms with Crippen LogP contribution in [0.5, 0.6) is 11.5 Å². The van der Waals surface area contributed by atoms with E-state index in [0.717, 1.165) is 32.1 Å². The fourth-order valence-electron chi connectivity index (χ4n) is 2.31. The van der Waals surface area contributed by atoms with Gasteiger partial charge in [-0.1, -0.05) is 23.7 Å². The summed E-state index contributed by atoms with van der Waals surface area (Å²) in [7, 11) is 1.67. The molecule has 0 bridgehead atoms. The second kappa shape index (κ2) is 5.21. The maximum Gasteiger partial charge on any atom is 0.165 e. The molecule has 2 aromatic carbocycles. The summed E-state index contributed by atoms with van der Waals surface area (Å²) < 4.78 is 12.6. The molecular formula is C15H12ClIO2. The summed E-state index contributed by atoms with van der Waals surface area (Å²) in [4.78, 5) is 0. The smallest absolute Gasteiger partial charge is 0.165 e. The van der Waals surface area contributed by atoms with E-state index in [-0.39, 0.29) is 6.10 Å². The first-order valence-corrected chi connectivity index (χ1v) is 7.41. The summed E-state index contributed by atoms with van der Waals surface area (Å²) in [6.45, 7) is 0. The van der Waals surface area contributed by atoms with E-state index < -0.39 is 0 Å². The van der Waals surface area contributed by atoms with Gasteiger partial charge in [0.15, 0.2) is 11.5 Å². The highest BCUT2D eigenvalue weighted by Gasteiger charge is 2.27. The lowest BCUT2D eigenvalue weighted by Crippen LogP contribution is -2.02. The van der Waals surface area contributed by atoms with Gasteiger partial charge in [-0.15, -0.1) is 0 Å². The van der Waals surface area contributed by atoms with E-state index in [1.807, 2.05) is 30.3 Å². The lowest BCUT2D eigenvalue weighted by Gasteiger charge is -2.12. The Balaban J connectivity index is 1.93. The standard InChI is InChI=1S/C15H12ClIO2/c1-18-14-8-12(17)6-10-7-13(19-15(10)14)9-2-4-11(16)5-3-9/h2-6,8,13H,7H2,1H3. The molecule has 0 saturated heterocycles. The molecule has 1 unspecified atom stereocenters. The minimum absolute atomic E-state index is 0.0411. The Hall–Kier alpha value is -0.940. The fourth-order valence-corrected chi connectivity index (χ4v) is 3.09. The number of methoxy groups -OCH3 is 1. The molecule has 4 heteroatoms. The van der Waals surface area contributed by atoms with Crippen LogP contribution < -0.4 is 9.47 Å². The van der Waals surface area contributed by atoms with Gasteiger partial charge in [-0.3, -0.25) is 0 Å². The maximum atomic E-state index is 6.04. The van der Waals surface area contributed by atoms with Gasteiger partial charge in [-0.2, -0.15) is 0 Å². The van der Waals surface area contributed by atoms with Gasteiger partial charge in [-0.25, -0.2) is 0 Å². The molecule has 1 atom stereocenters. The summed E-state index contributed by atoms with van der Waals surface area (Å²) in [6.07, 6.45) is 0.906. The number of fused-ring (bicyclic) bond motifs is 1. The van der Waals surface area contributed by atoms with E-state index in [9.17, 15) is 0 Å². The first-order valence-electron chi connectivity index (χ1n) is 5.96. The highest BCUT2D eigenvalue weighted by molar-refractivity contribution is 14.1. The number of hydrogen-bond acceptors (Lipinski definition) is 2. The van der Waals surface area contributed by atoms with Crippen molar-refractivity contribution < 1.29 is 9.47 Å². The maximum absolute atomic E-state index is 6.04. The van der Waals surface area contributed by atoms with Gasteiger partial charge in [0.1, 0.15) is 6.10 Å². The predicted octanol–water partition coefficient (Wildman–Crippen LogP) is 4.63. The molecule has 2 nitrogen and oxygen atoms in total. The zero-order valence-corrected chi connectivity index (χ0v) is 13.2. The third-order valence-electron chi connectivity index (χ3n) is 3.22. The Bertz CT molecular complexity index is 610. The molecule has 1 heterocycles. The summed E-state index contributed by atoms with van der Waals surface area (Å²) in [5, 5.41) is 0.742. The van der Waals surface area contributed by atoms with Crippen LogP contribution in [0.1, 0.15) is 17.2 Å². The van der Waals surface area contributed by atoms with Gasteiger partial charge >= 0.3 is 0 Å². The average Bonchev–Trinajstić information content (AvgIpc) is 2.82. The number of rotatable bonds is 2. The SMILES string of the molecule is COc1cc(I)cc2c1OC(c1ccc(Cl)cc1)C2. The quantitative estimate of drug-likeness (QED) is 0.701. The molecule has 0 N–H and O–H groups in total. The molecule has 0 spiro atoms. The molecule has 98 valence electrons. The summed E-state index contributed by atoms with van der Waals surface area (Å²) in [6, 6.07) is 11.9. The van der Waals surface area contributed by atoms with Gasteiger partial charge in [-0.05, 0) is 52.4 Å². The molecule has 0 fully saturated rings. The zero-order valence-electron chi connectivity index (χ0n) is 10.3. The van der Waals surface area contributed by atoms with Crippen molar-refractivity contribution in [3.05, 3.63) is 56.1 Å². The first kappa shape index (κ1) is 13.1. The van der Waals surface area contributed by atoms with E-state index in [4.69, 9.17) is 21.1 Å². The highest BCUT2D eigenvalue weighted by Crippen LogP contribution is 2.43. The van der Waals surface area contributed by atoms with E-state index in [1.54, 1.807) is 7.11 Å². The summed E-state index contributed by atoms with van der Waals surface area (Å²) in [5.74, 6) is 1.67. The third-order valence-corrected chi connectivity index (χ3v) is 4.10. The Labute approximate surface area is 130 Å². The van der Waals surface area contributed by atoms with E-state index in [2.05, 4.69) is 28.7 Å². The number of ether oxygens (including phenoxy) is 2. The topological polar surface area (TPSA) is 18.5 Å². The van der Waals surface area contributed by atoms with Gasteiger partial charge in [0.2, 0.25) is 0 Å². The monoisotopic (exact) mass is 386 g/mol. The Morgan fingerprint density at radius 2 is 2.00 bits per heavy atom. The lowest BCUT2D eigenvalue weighted by molar-refractivity contribution is 0.228. The van der Waals surface area contributed by atoms with Crippen LogP contribution >= 0.6 is 34.2 Å². The van der Waals surface area contributed by atoms with Crippen molar-refractivity contribution in [3.8, 4) is 11.5 Å². The summed E-state index contributed by atoms with van der Waals surface area (Å²) in [5.41, 5.74) is 2.33. The fraction of sp³-hybridized carbons (Fsp3) is 0.200. The normalized spacial score (nSPS) is 16.9. The first-order chi connectivity index (χ1) is 9.17. The molecule has 3 rings (SSSR count). The van der Waals surface area contributed by atoms with Crippen LogP contribution in [-0.4, -0.2) is 7.11 Å². The molecule has 0 aliphatic carbocycles. The van der Waals surface area contributed by atoms with Gasteiger partial charge in [0.05, 0.1) is 7.11 Å². The van der Waals surface area contributed by atoms with Crippen molar-refractivity contribution in [3.63, 3.8) is 0 Å². The van der Waals surface area contributed by atoms with Crippen LogP contribution in [0.3, 0.4) is 0 Å². The molecule has 2 aromatic rings. The largest absolute Gasteiger partial charge is 0.493 e. The van der Waals surface area contributed by atoms with E-state index >= 15 is 0 Å². The van der Waals surface area contributed by atoms with Gasteiger partial charge < -0.3 is 9.47 Å². The van der Waals surface area contributed by atoms with Crippen LogP contribution in [0.2, 0.25) is 5.02 Å². The van der Waals surface area contributed by atoms with Crippen LogP contribution in [0.15, 0.2) is 36.4 Å². The molecule has 1 aliphatic rings. The second-order valence-electron chi connectivity index (χ2n) is 4.46. The van der Waals surface area contributed by atoms with Crippen molar-refractivity contribution in [2.45, 2.75) is 12.5 Å². The minimum Gasteiger partial charge on any atom is -0.493 e. The van der Waals surface area contributed by atoms with Gasteiger partial charge in [0, 0.05) is 20.6 Å². The Morgan fingerprint density at radius 1 is 1.26 bits per heavy atom. The molecular weight excluding hydrogens is 375 g/mol. The van der Waals surface area contributed by atoms with E-state index in [0.29, 0.717) is 0 Å². The number of halogens is 2. The van der Waals surface area contributed by atoms with Crippen molar-refractivity contribution in [2.24, 2.45) is 0 Å². The average molecular weight is 387 g/mol. The van der Waals surface area contributed by atoms with Crippen molar-refractivity contribution >= 4 is 34.2 Å². The van der Waals surface area contributed by atoms with E-state index in [1.165, 1.54) is 5.56 Å². The van der Waals surface area contributed by atoms with Crippen LogP contribution in [0.25, 0.3) is 0 Å². The molecule has 19 heavy (non-hydrogen) atoms. The lowest BCUT2D eigenvalue weighted by atomic mass is 10.0. The second-order valence-corrected chi connectivity index (χ2v) is 6.14. The molecule has 0 saturated carbocycles. The number of hydrogen-bond donors (Lipinski definition) is 0. The molecule has 0 aromatic heterocycles. The van der Waals surface area contributed by atoms with Crippen LogP contribution in [-0.2, 0) is 6.42 Å². The zero-order chi connectivity index (χ0) is 13.4.